The number of rotatable bonds is 7. The maximum absolute atomic E-state index is 12.2. The van der Waals surface area contributed by atoms with E-state index in [0.717, 1.165) is 41.7 Å². The number of anilines is 1. The van der Waals surface area contributed by atoms with Crippen molar-refractivity contribution in [2.45, 2.75) is 20.3 Å². The van der Waals surface area contributed by atoms with Gasteiger partial charge in [-0.1, -0.05) is 11.6 Å². The average molecular weight is 315 g/mol. The largest absolute Gasteiger partial charge is 0.462 e. The minimum absolute atomic E-state index is 0.335. The molecule has 1 aromatic carbocycles. The van der Waals surface area contributed by atoms with Crippen molar-refractivity contribution in [1.82, 2.24) is 9.88 Å². The van der Waals surface area contributed by atoms with Crippen molar-refractivity contribution in [2.75, 3.05) is 39.1 Å². The van der Waals surface area contributed by atoms with E-state index in [1.54, 1.807) is 13.1 Å². The van der Waals surface area contributed by atoms with Gasteiger partial charge in [-0.25, -0.2) is 4.79 Å². The lowest BCUT2D eigenvalue weighted by Gasteiger charge is -2.15. The summed E-state index contributed by atoms with van der Waals surface area (Å²) in [5.74, 6) is -0.335. The van der Waals surface area contributed by atoms with Gasteiger partial charge in [0.25, 0.3) is 0 Å². The van der Waals surface area contributed by atoms with Crippen molar-refractivity contribution >= 4 is 22.6 Å². The van der Waals surface area contributed by atoms with Crippen LogP contribution in [0.1, 0.15) is 29.3 Å². The van der Waals surface area contributed by atoms with E-state index in [-0.39, 0.29) is 5.97 Å². The van der Waals surface area contributed by atoms with Gasteiger partial charge in [0.2, 0.25) is 0 Å². The molecule has 0 aliphatic rings. The molecule has 1 N–H and O–H groups in total. The molecule has 124 valence electrons. The Balaban J connectivity index is 2.36. The highest BCUT2D eigenvalue weighted by Crippen LogP contribution is 2.27. The number of carbonyl (C=O) groups excluding carboxylic acids is 1. The first kappa shape index (κ1) is 17.2. The molecule has 0 bridgehead atoms. The maximum atomic E-state index is 12.2. The van der Waals surface area contributed by atoms with Gasteiger partial charge in [-0.3, -0.25) is 4.98 Å². The van der Waals surface area contributed by atoms with Crippen LogP contribution in [0.4, 0.5) is 5.69 Å². The van der Waals surface area contributed by atoms with Gasteiger partial charge in [-0.2, -0.15) is 0 Å². The molecule has 0 saturated heterocycles. The van der Waals surface area contributed by atoms with E-state index in [9.17, 15) is 4.79 Å². The van der Waals surface area contributed by atoms with Crippen LogP contribution in [0, 0.1) is 6.92 Å². The van der Waals surface area contributed by atoms with Crippen molar-refractivity contribution in [1.29, 1.82) is 0 Å². The summed E-state index contributed by atoms with van der Waals surface area (Å²) in [7, 11) is 4.10. The average Bonchev–Trinajstić information content (AvgIpc) is 2.51. The highest BCUT2D eigenvalue weighted by atomic mass is 16.5. The summed E-state index contributed by atoms with van der Waals surface area (Å²) in [6.07, 6.45) is 2.59. The van der Waals surface area contributed by atoms with Crippen molar-refractivity contribution in [3.63, 3.8) is 0 Å². The molecule has 0 unspecified atom stereocenters. The smallest absolute Gasteiger partial charge is 0.341 e. The van der Waals surface area contributed by atoms with E-state index in [1.165, 1.54) is 0 Å². The van der Waals surface area contributed by atoms with Crippen molar-refractivity contribution < 1.29 is 9.53 Å². The predicted octanol–water partition coefficient (Wildman–Crippen LogP) is 3.08. The molecule has 0 aliphatic heterocycles. The second-order valence-electron chi connectivity index (χ2n) is 5.87. The fourth-order valence-corrected chi connectivity index (χ4v) is 2.47. The second-order valence-corrected chi connectivity index (χ2v) is 5.87. The number of nitrogens with zero attached hydrogens (tertiary/aromatic N) is 2. The highest BCUT2D eigenvalue weighted by Gasteiger charge is 2.16. The standard InChI is InChI=1S/C18H25N3O2/c1-5-23-18(22)15-12-20-16-8-7-13(2)11-14(16)17(15)19-9-6-10-21(3)4/h7-8,11-12H,5-6,9-10H2,1-4H3,(H,19,20). The number of aryl methyl sites for hydroxylation is 1. The van der Waals surface area contributed by atoms with Gasteiger partial charge < -0.3 is 15.0 Å². The van der Waals surface area contributed by atoms with Crippen LogP contribution in [0.5, 0.6) is 0 Å². The monoisotopic (exact) mass is 315 g/mol. The molecule has 5 heteroatoms. The predicted molar refractivity (Wildman–Crippen MR) is 94.1 cm³/mol. The number of hydrogen-bond acceptors (Lipinski definition) is 5. The number of fused-ring (bicyclic) bond motifs is 1. The van der Waals surface area contributed by atoms with E-state index >= 15 is 0 Å². The van der Waals surface area contributed by atoms with Gasteiger partial charge in [-0.15, -0.1) is 0 Å². The first-order valence-corrected chi connectivity index (χ1v) is 7.98. The molecule has 1 aromatic heterocycles. The molecular formula is C18H25N3O2. The van der Waals surface area contributed by atoms with Crippen molar-refractivity contribution in [3.8, 4) is 0 Å². The van der Waals surface area contributed by atoms with E-state index in [0.29, 0.717) is 12.2 Å². The van der Waals surface area contributed by atoms with Gasteiger partial charge in [0.1, 0.15) is 5.56 Å². The topological polar surface area (TPSA) is 54.5 Å². The van der Waals surface area contributed by atoms with Crippen LogP contribution in [-0.4, -0.2) is 49.6 Å². The summed E-state index contributed by atoms with van der Waals surface area (Å²) in [5.41, 5.74) is 3.32. The normalized spacial score (nSPS) is 11.0. The summed E-state index contributed by atoms with van der Waals surface area (Å²) < 4.78 is 5.17. The van der Waals surface area contributed by atoms with E-state index < -0.39 is 0 Å². The molecule has 0 aliphatic carbocycles. The maximum Gasteiger partial charge on any atom is 0.341 e. The lowest BCUT2D eigenvalue weighted by Crippen LogP contribution is -2.17. The lowest BCUT2D eigenvalue weighted by molar-refractivity contribution is 0.0527. The lowest BCUT2D eigenvalue weighted by atomic mass is 10.1. The molecule has 1 heterocycles. The zero-order chi connectivity index (χ0) is 16.8. The number of pyridine rings is 1. The van der Waals surface area contributed by atoms with E-state index in [4.69, 9.17) is 4.74 Å². The van der Waals surface area contributed by atoms with Gasteiger partial charge in [0.15, 0.2) is 0 Å². The van der Waals surface area contributed by atoms with Crippen LogP contribution < -0.4 is 5.32 Å². The summed E-state index contributed by atoms with van der Waals surface area (Å²) in [4.78, 5) is 18.8. The van der Waals surface area contributed by atoms with Crippen LogP contribution in [-0.2, 0) is 4.74 Å². The van der Waals surface area contributed by atoms with Gasteiger partial charge in [0, 0.05) is 18.1 Å². The number of nitrogens with one attached hydrogen (secondary N) is 1. The third-order valence-electron chi connectivity index (χ3n) is 3.60. The summed E-state index contributed by atoms with van der Waals surface area (Å²) >= 11 is 0. The minimum Gasteiger partial charge on any atom is -0.462 e. The molecule has 0 saturated carbocycles. The van der Waals surface area contributed by atoms with Crippen molar-refractivity contribution in [3.05, 3.63) is 35.5 Å². The summed E-state index contributed by atoms with van der Waals surface area (Å²) in [6.45, 7) is 5.97. The number of aromatic nitrogens is 1. The summed E-state index contributed by atoms with van der Waals surface area (Å²) in [6, 6.07) is 6.05. The fourth-order valence-electron chi connectivity index (χ4n) is 2.47. The first-order chi connectivity index (χ1) is 11.0. The van der Waals surface area contributed by atoms with Crippen LogP contribution >= 0.6 is 0 Å². The zero-order valence-electron chi connectivity index (χ0n) is 14.3. The van der Waals surface area contributed by atoms with Crippen molar-refractivity contribution in [2.24, 2.45) is 0 Å². The van der Waals surface area contributed by atoms with Crippen LogP contribution in [0.25, 0.3) is 10.9 Å². The van der Waals surface area contributed by atoms with Crippen LogP contribution in [0.15, 0.2) is 24.4 Å². The molecule has 2 rings (SSSR count). The molecule has 23 heavy (non-hydrogen) atoms. The SMILES string of the molecule is CCOC(=O)c1cnc2ccc(C)cc2c1NCCCN(C)C. The quantitative estimate of drug-likeness (QED) is 0.628. The Labute approximate surface area is 137 Å². The Hall–Kier alpha value is -2.14. The molecule has 0 fully saturated rings. The molecule has 2 aromatic rings. The second kappa shape index (κ2) is 7.92. The van der Waals surface area contributed by atoms with Crippen LogP contribution in [0.2, 0.25) is 0 Å². The van der Waals surface area contributed by atoms with Gasteiger partial charge >= 0.3 is 5.97 Å². The molecule has 0 amide bonds. The minimum atomic E-state index is -0.335. The fraction of sp³-hybridized carbons (Fsp3) is 0.444. The van der Waals surface area contributed by atoms with E-state index in [2.05, 4.69) is 35.4 Å². The Bertz CT molecular complexity index is 683. The number of benzene rings is 1. The first-order valence-electron chi connectivity index (χ1n) is 7.98. The molecular weight excluding hydrogens is 290 g/mol. The number of esters is 1. The Morgan fingerprint density at radius 3 is 2.83 bits per heavy atom. The van der Waals surface area contributed by atoms with E-state index in [1.807, 2.05) is 19.1 Å². The van der Waals surface area contributed by atoms with Gasteiger partial charge in [0.05, 0.1) is 17.8 Å². The molecule has 0 radical (unpaired) electrons. The number of carbonyl (C=O) groups is 1. The number of ether oxygens (including phenoxy) is 1. The number of hydrogen-bond donors (Lipinski definition) is 1. The zero-order valence-corrected chi connectivity index (χ0v) is 14.3. The Kier molecular flexibility index (Phi) is 5.93. The van der Waals surface area contributed by atoms with Gasteiger partial charge in [-0.05, 0) is 53.0 Å². The summed E-state index contributed by atoms with van der Waals surface area (Å²) in [5, 5.41) is 4.37. The molecule has 5 nitrogen and oxygen atoms in total. The molecule has 0 spiro atoms. The van der Waals surface area contributed by atoms with Crippen LogP contribution in [0.3, 0.4) is 0 Å². The molecule has 0 atom stereocenters. The Morgan fingerprint density at radius 2 is 2.13 bits per heavy atom. The third kappa shape index (κ3) is 4.42. The third-order valence-corrected chi connectivity index (χ3v) is 3.60. The highest BCUT2D eigenvalue weighted by molar-refractivity contribution is 6.05. The Morgan fingerprint density at radius 1 is 1.35 bits per heavy atom.